The van der Waals surface area contributed by atoms with Crippen LogP contribution in [0.4, 0.5) is 0 Å². The minimum atomic E-state index is -0.838. The fourth-order valence-electron chi connectivity index (χ4n) is 6.61. The van der Waals surface area contributed by atoms with Crippen molar-refractivity contribution in [3.8, 4) is 11.5 Å². The van der Waals surface area contributed by atoms with E-state index >= 15 is 0 Å². The van der Waals surface area contributed by atoms with Gasteiger partial charge in [-0.15, -0.1) is 0 Å². The van der Waals surface area contributed by atoms with Crippen molar-refractivity contribution in [2.75, 3.05) is 33.9 Å². The largest absolute Gasteiger partial charge is 0.619 e. The topological polar surface area (TPSA) is 113 Å². The zero-order chi connectivity index (χ0) is 35.2. The number of esters is 2. The van der Waals surface area contributed by atoms with Crippen molar-refractivity contribution in [1.29, 1.82) is 0 Å². The summed E-state index contributed by atoms with van der Waals surface area (Å²) in [6.07, 6.45) is 3.67. The molecule has 3 saturated heterocycles. The van der Waals surface area contributed by atoms with Crippen LogP contribution in [0.5, 0.6) is 11.5 Å². The molecule has 4 heterocycles. The molecule has 3 aliphatic rings. The summed E-state index contributed by atoms with van der Waals surface area (Å²) in [6.45, 7) is 3.28. The molecule has 1 N–H and O–H groups in total. The van der Waals surface area contributed by atoms with Crippen LogP contribution in [0, 0.1) is 11.1 Å². The molecular weight excluding hydrogens is 681 g/mol. The van der Waals surface area contributed by atoms with Gasteiger partial charge in [0.05, 0.1) is 19.8 Å². The molecule has 262 valence electrons. The van der Waals surface area contributed by atoms with Crippen molar-refractivity contribution in [2.45, 2.75) is 44.1 Å². The summed E-state index contributed by atoms with van der Waals surface area (Å²) < 4.78 is 23.5. The molecule has 1 aromatic heterocycles. The molecule has 4 aromatic rings. The predicted octanol–water partition coefficient (Wildman–Crippen LogP) is 6.25. The number of hydrogen-bond donors (Lipinski definition) is 1. The average molecular weight is 721 g/mol. The monoisotopic (exact) mass is 719 g/mol. The number of fused-ring (bicyclic) bond motifs is 3. The van der Waals surface area contributed by atoms with Gasteiger partial charge in [0.15, 0.2) is 23.9 Å². The van der Waals surface area contributed by atoms with Crippen LogP contribution in [0.25, 0.3) is 0 Å². The van der Waals surface area contributed by atoms with Gasteiger partial charge in [0.25, 0.3) is 0 Å². The second kappa shape index (κ2) is 16.1. The molecule has 0 spiro atoms. The van der Waals surface area contributed by atoms with E-state index < -0.39 is 18.1 Å². The van der Waals surface area contributed by atoms with E-state index in [0.29, 0.717) is 45.4 Å². The number of carbonyl (C=O) groups is 2. The van der Waals surface area contributed by atoms with Crippen LogP contribution in [0.3, 0.4) is 0 Å². The normalized spacial score (nSPS) is 19.3. The standard InChI is InChI=1S/C38H39Cl2N3O7/c1-47-32-13-12-28(18-34(32)48-2)33(19-29-30(39)21-43(46)22-31(29)40)49-37(44)27-10-8-24(9-11-27)20-41-36(26-6-4-3-5-7-26)38(45)50-35-23-42-16-14-25(35)15-17-42/h3-13,18,21-22,25,33,35-36,41H,14-17,19-20,23H2,1-2H3/t33?,35-,36-/m0/s1. The van der Waals surface area contributed by atoms with Crippen molar-refractivity contribution in [2.24, 2.45) is 5.92 Å². The summed E-state index contributed by atoms with van der Waals surface area (Å²) in [5.41, 5.74) is 3.07. The van der Waals surface area contributed by atoms with Crippen molar-refractivity contribution in [3.05, 3.63) is 128 Å². The van der Waals surface area contributed by atoms with Gasteiger partial charge in [-0.3, -0.25) is 10.2 Å². The van der Waals surface area contributed by atoms with E-state index in [9.17, 15) is 14.8 Å². The summed E-state index contributed by atoms with van der Waals surface area (Å²) in [6, 6.07) is 21.1. The Morgan fingerprint density at radius 1 is 0.920 bits per heavy atom. The minimum Gasteiger partial charge on any atom is -0.619 e. The van der Waals surface area contributed by atoms with E-state index in [-0.39, 0.29) is 28.5 Å². The Labute approximate surface area is 301 Å². The Morgan fingerprint density at radius 3 is 2.22 bits per heavy atom. The Kier molecular flexibility index (Phi) is 11.4. The molecule has 50 heavy (non-hydrogen) atoms. The molecule has 3 aliphatic heterocycles. The van der Waals surface area contributed by atoms with Gasteiger partial charge in [-0.25, -0.2) is 9.59 Å². The lowest BCUT2D eigenvalue weighted by Gasteiger charge is -2.44. The lowest BCUT2D eigenvalue weighted by atomic mass is 9.86. The molecule has 0 amide bonds. The Bertz CT molecular complexity index is 1780. The third kappa shape index (κ3) is 8.33. The molecule has 10 nitrogen and oxygen atoms in total. The van der Waals surface area contributed by atoms with Crippen molar-refractivity contribution in [1.82, 2.24) is 10.2 Å². The number of aromatic nitrogens is 1. The summed E-state index contributed by atoms with van der Waals surface area (Å²) in [7, 11) is 3.04. The molecule has 1 unspecified atom stereocenters. The number of ether oxygens (including phenoxy) is 4. The second-order valence-corrected chi connectivity index (χ2v) is 13.4. The van der Waals surface area contributed by atoms with Crippen molar-refractivity contribution < 1.29 is 33.3 Å². The molecule has 3 atom stereocenters. The quantitative estimate of drug-likeness (QED) is 0.0973. The number of nitrogens with one attached hydrogen (secondary N) is 1. The molecular formula is C38H39Cl2N3O7. The van der Waals surface area contributed by atoms with Gasteiger partial charge >= 0.3 is 11.9 Å². The highest BCUT2D eigenvalue weighted by Gasteiger charge is 2.38. The van der Waals surface area contributed by atoms with Crippen molar-refractivity contribution >= 4 is 35.1 Å². The molecule has 2 bridgehead atoms. The van der Waals surface area contributed by atoms with E-state index in [0.717, 1.165) is 43.6 Å². The molecule has 7 rings (SSSR count). The second-order valence-electron chi connectivity index (χ2n) is 12.5. The first kappa shape index (κ1) is 35.5. The van der Waals surface area contributed by atoms with Gasteiger partial charge in [-0.2, -0.15) is 4.73 Å². The SMILES string of the molecule is COc1ccc(C(Cc2c(Cl)c[n+]([O-])cc2Cl)OC(=O)c2ccc(CN[C@H](C(=O)O[C@H]3CN4CCC3CC4)c3ccccc3)cc2)cc1OC. The highest BCUT2D eigenvalue weighted by atomic mass is 35.5. The van der Waals surface area contributed by atoms with Gasteiger partial charge in [-0.1, -0.05) is 71.7 Å². The number of piperidine rings is 3. The van der Waals surface area contributed by atoms with Crippen LogP contribution in [-0.4, -0.2) is 56.8 Å². The smallest absolute Gasteiger partial charge is 0.338 e. The highest BCUT2D eigenvalue weighted by molar-refractivity contribution is 6.35. The third-order valence-corrected chi connectivity index (χ3v) is 10.1. The van der Waals surface area contributed by atoms with E-state index in [4.69, 9.17) is 42.1 Å². The molecule has 0 radical (unpaired) electrons. The van der Waals surface area contributed by atoms with Crippen LogP contribution < -0.4 is 19.5 Å². The van der Waals surface area contributed by atoms with Crippen LogP contribution in [0.1, 0.15) is 57.6 Å². The van der Waals surface area contributed by atoms with Gasteiger partial charge in [0, 0.05) is 25.1 Å². The number of pyridine rings is 1. The van der Waals surface area contributed by atoms with Crippen LogP contribution in [0.2, 0.25) is 10.0 Å². The van der Waals surface area contributed by atoms with Gasteiger partial charge < -0.3 is 24.2 Å². The molecule has 3 aromatic carbocycles. The third-order valence-electron chi connectivity index (χ3n) is 9.41. The first-order chi connectivity index (χ1) is 24.2. The van der Waals surface area contributed by atoms with Gasteiger partial charge in [0.1, 0.15) is 28.3 Å². The maximum Gasteiger partial charge on any atom is 0.338 e. The maximum absolute atomic E-state index is 13.5. The Morgan fingerprint density at radius 2 is 1.60 bits per heavy atom. The summed E-state index contributed by atoms with van der Waals surface area (Å²) in [5.74, 6) is 0.502. The molecule has 3 fully saturated rings. The van der Waals surface area contributed by atoms with Crippen LogP contribution in [0.15, 0.2) is 85.2 Å². The van der Waals surface area contributed by atoms with Crippen LogP contribution in [-0.2, 0) is 27.2 Å². The fourth-order valence-corrected chi connectivity index (χ4v) is 7.21. The first-order valence-electron chi connectivity index (χ1n) is 16.5. The lowest BCUT2D eigenvalue weighted by Crippen LogP contribution is -2.52. The summed E-state index contributed by atoms with van der Waals surface area (Å²) in [4.78, 5) is 29.4. The Balaban J connectivity index is 1.16. The summed E-state index contributed by atoms with van der Waals surface area (Å²) in [5, 5.41) is 15.5. The number of nitrogens with zero attached hydrogens (tertiary/aromatic N) is 2. The number of carbonyl (C=O) groups excluding carboxylic acids is 2. The van der Waals surface area contributed by atoms with Gasteiger partial charge in [-0.05, 0) is 72.8 Å². The number of halogens is 2. The zero-order valence-electron chi connectivity index (χ0n) is 27.9. The van der Waals surface area contributed by atoms with Crippen LogP contribution >= 0.6 is 23.2 Å². The lowest BCUT2D eigenvalue weighted by molar-refractivity contribution is -0.605. The highest BCUT2D eigenvalue weighted by Crippen LogP contribution is 2.36. The minimum absolute atomic E-state index is 0.0943. The predicted molar refractivity (Wildman–Crippen MR) is 188 cm³/mol. The van der Waals surface area contributed by atoms with E-state index in [1.165, 1.54) is 26.6 Å². The van der Waals surface area contributed by atoms with Gasteiger partial charge in [0.2, 0.25) is 0 Å². The zero-order valence-corrected chi connectivity index (χ0v) is 29.4. The van der Waals surface area contributed by atoms with E-state index in [1.54, 1.807) is 30.3 Å². The first-order valence-corrected chi connectivity index (χ1v) is 17.3. The Hall–Kier alpha value is -4.35. The number of methoxy groups -OCH3 is 2. The number of benzene rings is 3. The molecule has 0 saturated carbocycles. The van der Waals surface area contributed by atoms with E-state index in [2.05, 4.69) is 10.2 Å². The number of rotatable bonds is 13. The fraction of sp³-hybridized carbons (Fsp3) is 0.342. The molecule has 0 aliphatic carbocycles. The summed E-state index contributed by atoms with van der Waals surface area (Å²) >= 11 is 12.8. The molecule has 12 heteroatoms. The average Bonchev–Trinajstić information content (AvgIpc) is 3.13. The maximum atomic E-state index is 13.5. The van der Waals surface area contributed by atoms with Crippen molar-refractivity contribution in [3.63, 3.8) is 0 Å². The van der Waals surface area contributed by atoms with E-state index in [1.807, 2.05) is 42.5 Å². The number of hydrogen-bond acceptors (Lipinski definition) is 9.